The Morgan fingerprint density at radius 2 is 1.72 bits per heavy atom. The molecule has 5 fully saturated rings. The van der Waals surface area contributed by atoms with Crippen molar-refractivity contribution in [2.45, 2.75) is 133 Å². The molecule has 0 bridgehead atoms. The molecule has 2 aliphatic heterocycles. The Morgan fingerprint density at radius 1 is 1.00 bits per heavy atom. The number of allylic oxidation sites excluding steroid dienone is 1. The van der Waals surface area contributed by atoms with Gasteiger partial charge in [0.05, 0.1) is 22.1 Å². The molecule has 308 valence electrons. The van der Waals surface area contributed by atoms with Crippen LogP contribution in [0.5, 0.6) is 5.88 Å². The van der Waals surface area contributed by atoms with E-state index in [-0.39, 0.29) is 55.3 Å². The molecule has 57 heavy (non-hydrogen) atoms. The molecule has 1 aromatic carbocycles. The molecule has 16 heteroatoms. The molecule has 4 saturated carbocycles. The third-order valence-corrected chi connectivity index (χ3v) is 15.6. The predicted octanol–water partition coefficient (Wildman–Crippen LogP) is 3.54. The van der Waals surface area contributed by atoms with Gasteiger partial charge in [0.25, 0.3) is 11.5 Å². The lowest BCUT2D eigenvalue weighted by atomic mass is 9.88. The van der Waals surface area contributed by atoms with Crippen molar-refractivity contribution in [3.8, 4) is 5.88 Å². The Morgan fingerprint density at radius 3 is 2.42 bits per heavy atom. The van der Waals surface area contributed by atoms with Crippen molar-refractivity contribution >= 4 is 44.6 Å². The highest BCUT2D eigenvalue weighted by Crippen LogP contribution is 2.52. The maximum Gasteiger partial charge on any atom is 0.408 e. The molecular formula is C41H54N6O9S. The Kier molecular flexibility index (Phi) is 10.2. The zero-order valence-electron chi connectivity index (χ0n) is 33.1. The zero-order chi connectivity index (χ0) is 40.4. The van der Waals surface area contributed by atoms with Gasteiger partial charge >= 0.3 is 6.09 Å². The number of nitrogens with zero attached hydrogens (tertiary/aromatic N) is 3. The standard InChI is InChI=1S/C41H54N6O9S/c1-5-47-36(49)31-13-9-8-12-30(31)35(44-47)55-29-20-32-34(48)43-41(38(51)45-57(53,54)40(4)14-15-40)21-27(41)11-7-6-10-23(2)16-24(3)33(37(50)46(32)22-29)42-39(52)56-28-18-25-17-26(25)19-28/h7-9,11-13,23-29,32-33H,5-6,10,14-22H2,1-4H3,(H,42,52)(H,43,48)(H,45,51)/b11-7-/t23-,24-,25-,26+,27-,28+,29-,32+,33+,41-/m1/s1. The van der Waals surface area contributed by atoms with Crippen molar-refractivity contribution in [3.63, 3.8) is 0 Å². The third kappa shape index (κ3) is 7.65. The van der Waals surface area contributed by atoms with Crippen LogP contribution in [0, 0.1) is 29.6 Å². The van der Waals surface area contributed by atoms with E-state index in [9.17, 15) is 32.4 Å². The Labute approximate surface area is 332 Å². The van der Waals surface area contributed by atoms with E-state index in [0.717, 1.165) is 25.7 Å². The Hall–Kier alpha value is -4.47. The zero-order valence-corrected chi connectivity index (χ0v) is 33.9. The second-order valence-corrected chi connectivity index (χ2v) is 20.0. The maximum absolute atomic E-state index is 14.9. The van der Waals surface area contributed by atoms with E-state index in [1.807, 2.05) is 19.1 Å². The summed E-state index contributed by atoms with van der Waals surface area (Å²) in [5, 5.41) is 11.2. The maximum atomic E-state index is 14.9. The van der Waals surface area contributed by atoms with E-state index in [1.54, 1.807) is 38.1 Å². The minimum Gasteiger partial charge on any atom is -0.471 e. The summed E-state index contributed by atoms with van der Waals surface area (Å²) in [6.45, 7) is 7.61. The second-order valence-electron chi connectivity index (χ2n) is 17.8. The molecule has 10 atom stereocenters. The van der Waals surface area contributed by atoms with Gasteiger partial charge < -0.3 is 25.0 Å². The number of alkyl carbamates (subject to hydrolysis) is 1. The van der Waals surface area contributed by atoms with Crippen molar-refractivity contribution in [1.82, 2.24) is 30.0 Å². The summed E-state index contributed by atoms with van der Waals surface area (Å²) < 4.78 is 41.3. The van der Waals surface area contributed by atoms with Crippen molar-refractivity contribution in [1.29, 1.82) is 0 Å². The number of carbonyl (C=O) groups is 4. The monoisotopic (exact) mass is 806 g/mol. The summed E-state index contributed by atoms with van der Waals surface area (Å²) in [5.41, 5.74) is -1.82. The van der Waals surface area contributed by atoms with Crippen LogP contribution in [-0.2, 0) is 35.7 Å². The molecule has 0 spiro atoms. The quantitative estimate of drug-likeness (QED) is 0.332. The van der Waals surface area contributed by atoms with E-state index in [4.69, 9.17) is 9.47 Å². The molecule has 15 nitrogen and oxygen atoms in total. The second kappa shape index (κ2) is 14.7. The van der Waals surface area contributed by atoms with Gasteiger partial charge in [-0.3, -0.25) is 23.9 Å². The minimum atomic E-state index is -4.01. The van der Waals surface area contributed by atoms with Crippen LogP contribution in [-0.4, -0.2) is 88.0 Å². The van der Waals surface area contributed by atoms with Crippen LogP contribution in [0.2, 0.25) is 0 Å². The normalized spacial score (nSPS) is 35.0. The van der Waals surface area contributed by atoms with E-state index in [1.165, 1.54) is 9.58 Å². The number of aromatic nitrogens is 2. The van der Waals surface area contributed by atoms with E-state index >= 15 is 0 Å². The Balaban J connectivity index is 1.12. The van der Waals surface area contributed by atoms with Crippen molar-refractivity contribution < 1.29 is 37.1 Å². The first-order valence-electron chi connectivity index (χ1n) is 20.6. The highest BCUT2D eigenvalue weighted by atomic mass is 32.2. The lowest BCUT2D eigenvalue weighted by Gasteiger charge is -2.33. The molecule has 1 aromatic heterocycles. The number of ether oxygens (including phenoxy) is 2. The van der Waals surface area contributed by atoms with Crippen LogP contribution in [0.25, 0.3) is 10.8 Å². The van der Waals surface area contributed by atoms with Gasteiger partial charge in [-0.25, -0.2) is 17.9 Å². The molecular weight excluding hydrogens is 753 g/mol. The van der Waals surface area contributed by atoms with Gasteiger partial charge in [0, 0.05) is 18.9 Å². The summed E-state index contributed by atoms with van der Waals surface area (Å²) in [6, 6.07) is 4.74. The van der Waals surface area contributed by atoms with Crippen molar-refractivity contribution in [3.05, 3.63) is 46.8 Å². The number of carbonyl (C=O) groups excluding carboxylic acids is 4. The van der Waals surface area contributed by atoms with Crippen molar-refractivity contribution in [2.75, 3.05) is 6.54 Å². The molecule has 0 unspecified atom stereocenters. The summed E-state index contributed by atoms with van der Waals surface area (Å²) in [4.78, 5) is 71.4. The average Bonchev–Trinajstić information content (AvgIpc) is 4.13. The average molecular weight is 807 g/mol. The number of hydrogen-bond donors (Lipinski definition) is 3. The summed E-state index contributed by atoms with van der Waals surface area (Å²) in [7, 11) is -4.01. The molecule has 8 rings (SSSR count). The lowest BCUT2D eigenvalue weighted by molar-refractivity contribution is -0.142. The molecule has 1 saturated heterocycles. The summed E-state index contributed by atoms with van der Waals surface area (Å²) in [5.74, 6) is -1.24. The molecule has 6 aliphatic rings. The highest BCUT2D eigenvalue weighted by Gasteiger charge is 2.63. The summed E-state index contributed by atoms with van der Waals surface area (Å²) in [6.07, 6.45) is 8.07. The fourth-order valence-electron chi connectivity index (χ4n) is 9.33. The van der Waals surface area contributed by atoms with Gasteiger partial charge in [0.1, 0.15) is 29.8 Å². The summed E-state index contributed by atoms with van der Waals surface area (Å²) >= 11 is 0. The number of nitrogens with one attached hydrogen (secondary N) is 3. The molecule has 4 aliphatic carbocycles. The van der Waals surface area contributed by atoms with Crippen LogP contribution in [0.1, 0.15) is 91.9 Å². The number of aryl methyl sites for hydroxylation is 1. The molecule has 3 heterocycles. The van der Waals surface area contributed by atoms with Gasteiger partial charge in [-0.2, -0.15) is 0 Å². The van der Waals surface area contributed by atoms with E-state index < -0.39 is 68.2 Å². The van der Waals surface area contributed by atoms with Gasteiger partial charge in [-0.15, -0.1) is 5.10 Å². The predicted molar refractivity (Wildman–Crippen MR) is 209 cm³/mol. The largest absolute Gasteiger partial charge is 0.471 e. The SMILES string of the molecule is CCn1nc(O[C@@H]2C[C@H]3C(=O)N[C@]4(C(=O)NS(=O)(=O)C5(C)CC5)C[C@H]4/C=C\CC[C@@H](C)C[C@@H](C)[C@H](NC(=O)O[C@@H]4C[C@@H]5C[C@@H]5C4)C(=O)N3C2)c2ccccc2c1=O. The van der Waals surface area contributed by atoms with Gasteiger partial charge in [0.2, 0.25) is 27.7 Å². The fourth-order valence-corrected chi connectivity index (χ4v) is 10.6. The molecule has 4 amide bonds. The third-order valence-electron chi connectivity index (χ3n) is 13.4. The van der Waals surface area contributed by atoms with Crippen LogP contribution in [0.15, 0.2) is 41.2 Å². The van der Waals surface area contributed by atoms with Crippen molar-refractivity contribution in [2.24, 2.45) is 29.6 Å². The minimum absolute atomic E-state index is 0.000206. The van der Waals surface area contributed by atoms with E-state index in [2.05, 4.69) is 27.4 Å². The first kappa shape index (κ1) is 39.4. The van der Waals surface area contributed by atoms with Crippen LogP contribution in [0.3, 0.4) is 0 Å². The van der Waals surface area contributed by atoms with Crippen LogP contribution < -0.4 is 25.7 Å². The number of fused-ring (bicyclic) bond motifs is 4. The van der Waals surface area contributed by atoms with Gasteiger partial charge in [-0.05, 0) is 107 Å². The molecule has 3 N–H and O–H groups in total. The first-order chi connectivity index (χ1) is 27.1. The number of amides is 4. The van der Waals surface area contributed by atoms with Gasteiger partial charge in [0.15, 0.2) is 0 Å². The lowest BCUT2D eigenvalue weighted by Crippen LogP contribution is -2.59. The molecule has 0 radical (unpaired) electrons. The van der Waals surface area contributed by atoms with Crippen LogP contribution in [0.4, 0.5) is 4.79 Å². The topological polar surface area (TPSA) is 195 Å². The van der Waals surface area contributed by atoms with Gasteiger partial charge in [-0.1, -0.05) is 38.1 Å². The number of hydrogen-bond acceptors (Lipinski definition) is 10. The number of sulfonamides is 1. The molecule has 2 aromatic rings. The Bertz CT molecular complexity index is 2160. The smallest absolute Gasteiger partial charge is 0.408 e. The highest BCUT2D eigenvalue weighted by molar-refractivity contribution is 7.91. The first-order valence-corrected chi connectivity index (χ1v) is 22.1. The fraction of sp³-hybridized carbons (Fsp3) is 0.659. The number of benzene rings is 1. The number of rotatable bonds is 8. The van der Waals surface area contributed by atoms with E-state index in [0.29, 0.717) is 48.3 Å². The van der Waals surface area contributed by atoms with Crippen LogP contribution >= 0.6 is 0 Å².